The van der Waals surface area contributed by atoms with Gasteiger partial charge >= 0.3 is 11.9 Å². The van der Waals surface area contributed by atoms with E-state index in [0.717, 1.165) is 29.8 Å². The van der Waals surface area contributed by atoms with Gasteiger partial charge in [0.2, 0.25) is 0 Å². The number of fused-ring (bicyclic) bond motifs is 2. The van der Waals surface area contributed by atoms with Gasteiger partial charge in [0.05, 0.1) is 11.4 Å². The number of nitrogens with zero attached hydrogens (tertiary/aromatic N) is 2. The van der Waals surface area contributed by atoms with E-state index in [1.165, 1.54) is 17.7 Å². The summed E-state index contributed by atoms with van der Waals surface area (Å²) in [6.45, 7) is 0. The molecule has 4 rings (SSSR count). The van der Waals surface area contributed by atoms with Gasteiger partial charge < -0.3 is 20.8 Å². The van der Waals surface area contributed by atoms with Crippen LogP contribution in [-0.2, 0) is 22.4 Å². The molecule has 4 N–H and O–H groups in total. The fourth-order valence-electron chi connectivity index (χ4n) is 3.81. The van der Waals surface area contributed by atoms with Crippen LogP contribution in [0.4, 0.5) is 22.7 Å². The van der Waals surface area contributed by atoms with E-state index in [1.807, 2.05) is 30.3 Å². The molecule has 0 aromatic heterocycles. The summed E-state index contributed by atoms with van der Waals surface area (Å²) in [5.74, 6) is -3.02. The number of azo groups is 1. The van der Waals surface area contributed by atoms with Crippen molar-refractivity contribution in [3.8, 4) is 0 Å². The van der Waals surface area contributed by atoms with Gasteiger partial charge in [-0.3, -0.25) is 9.59 Å². The van der Waals surface area contributed by atoms with Crippen LogP contribution in [-0.4, -0.2) is 34.1 Å². The summed E-state index contributed by atoms with van der Waals surface area (Å²) in [6.07, 6.45) is 1.25. The van der Waals surface area contributed by atoms with E-state index in [-0.39, 0.29) is 18.4 Å². The molecule has 9 nitrogen and oxygen atoms in total. The summed E-state index contributed by atoms with van der Waals surface area (Å²) < 4.78 is 0. The van der Waals surface area contributed by atoms with Crippen LogP contribution in [0.5, 0.6) is 0 Å². The molecule has 0 fully saturated rings. The number of aryl methyl sites for hydroxylation is 2. The largest absolute Gasteiger partial charge is 0.481 e. The molecule has 0 saturated heterocycles. The van der Waals surface area contributed by atoms with Crippen LogP contribution in [0, 0.1) is 0 Å². The lowest BCUT2D eigenvalue weighted by molar-refractivity contribution is -0.140. The normalized spacial score (nSPS) is 13.1. The van der Waals surface area contributed by atoms with Gasteiger partial charge in [-0.25, -0.2) is 4.79 Å². The Hall–Kier alpha value is -4.53. The first-order valence-electron chi connectivity index (χ1n) is 11.1. The molecular weight excluding hydrogens is 448 g/mol. The van der Waals surface area contributed by atoms with Crippen LogP contribution in [0.15, 0.2) is 77.0 Å². The summed E-state index contributed by atoms with van der Waals surface area (Å²) in [6, 6.07) is 19.1. The average Bonchev–Trinajstić information content (AvgIpc) is 3.04. The van der Waals surface area contributed by atoms with Crippen LogP contribution >= 0.6 is 0 Å². The summed E-state index contributed by atoms with van der Waals surface area (Å²) in [4.78, 5) is 34.3. The fourth-order valence-corrected chi connectivity index (χ4v) is 3.81. The molecule has 1 aliphatic rings. The van der Waals surface area contributed by atoms with Gasteiger partial charge in [-0.2, -0.15) is 10.2 Å². The number of carbonyl (C=O) groups is 3. The number of aliphatic carboxylic acids is 2. The molecule has 1 heterocycles. The van der Waals surface area contributed by atoms with Crippen LogP contribution in [0.25, 0.3) is 0 Å². The lowest BCUT2D eigenvalue weighted by Crippen LogP contribution is -2.41. The maximum atomic E-state index is 12.4. The molecule has 1 amide bonds. The Balaban J connectivity index is 1.40. The van der Waals surface area contributed by atoms with E-state index < -0.39 is 23.9 Å². The van der Waals surface area contributed by atoms with Gasteiger partial charge in [0.1, 0.15) is 6.04 Å². The zero-order valence-corrected chi connectivity index (χ0v) is 18.8. The van der Waals surface area contributed by atoms with Crippen molar-refractivity contribution in [3.05, 3.63) is 83.4 Å². The van der Waals surface area contributed by atoms with Crippen LogP contribution in [0.1, 0.15) is 34.3 Å². The number of nitrogens with one attached hydrogen (secondary N) is 2. The van der Waals surface area contributed by atoms with Gasteiger partial charge in [-0.1, -0.05) is 18.2 Å². The number of carbonyl (C=O) groups excluding carboxylic acids is 1. The standard InChI is InChI=1S/C26H24N4O5/c31-24(32)14-13-23(26(34)35)28-25(33)17-7-9-19(10-8-17)29-30-20-11-12-22-18(15-20)6-5-16-3-1-2-4-21(16)27-22/h1-4,7-12,15,23,27H,5-6,13-14H2,(H,28,33)(H,31,32)(H,34,35)/t23-/m0/s1. The van der Waals surface area contributed by atoms with Crippen LogP contribution < -0.4 is 10.6 Å². The molecule has 0 radical (unpaired) electrons. The third-order valence-corrected chi connectivity index (χ3v) is 5.70. The minimum atomic E-state index is -1.29. The topological polar surface area (TPSA) is 140 Å². The molecule has 0 unspecified atom stereocenters. The molecule has 9 heteroatoms. The molecule has 3 aromatic carbocycles. The number of amides is 1. The SMILES string of the molecule is O=C(O)CC[C@H](NC(=O)c1ccc(N=Nc2ccc3c(c2)CCc2ccccc2N3)cc1)C(=O)O. The van der Waals surface area contributed by atoms with Crippen molar-refractivity contribution >= 4 is 40.6 Å². The molecule has 35 heavy (non-hydrogen) atoms. The van der Waals surface area contributed by atoms with Crippen molar-refractivity contribution in [2.24, 2.45) is 10.2 Å². The van der Waals surface area contributed by atoms with Gasteiger partial charge in [0, 0.05) is 23.4 Å². The average molecular weight is 473 g/mol. The lowest BCUT2D eigenvalue weighted by atomic mass is 10.0. The third-order valence-electron chi connectivity index (χ3n) is 5.70. The van der Waals surface area contributed by atoms with Crippen molar-refractivity contribution < 1.29 is 24.6 Å². The number of carboxylic acid groups (broad SMARTS) is 2. The maximum absolute atomic E-state index is 12.4. The Kier molecular flexibility index (Phi) is 7.15. The summed E-state index contributed by atoms with van der Waals surface area (Å²) >= 11 is 0. The van der Waals surface area contributed by atoms with Crippen molar-refractivity contribution in [3.63, 3.8) is 0 Å². The van der Waals surface area contributed by atoms with E-state index in [9.17, 15) is 19.5 Å². The van der Waals surface area contributed by atoms with Gasteiger partial charge in [-0.05, 0) is 78.9 Å². The smallest absolute Gasteiger partial charge is 0.326 e. The van der Waals surface area contributed by atoms with Crippen molar-refractivity contribution in [1.29, 1.82) is 0 Å². The molecule has 1 aliphatic heterocycles. The Morgan fingerprint density at radius 3 is 2.26 bits per heavy atom. The first-order chi connectivity index (χ1) is 16.9. The highest BCUT2D eigenvalue weighted by Crippen LogP contribution is 2.32. The van der Waals surface area contributed by atoms with E-state index in [2.05, 4.69) is 33.0 Å². The van der Waals surface area contributed by atoms with E-state index >= 15 is 0 Å². The Bertz CT molecular complexity index is 1290. The van der Waals surface area contributed by atoms with Crippen molar-refractivity contribution in [2.45, 2.75) is 31.7 Å². The molecular formula is C26H24N4O5. The number of para-hydroxylation sites is 1. The van der Waals surface area contributed by atoms with Gasteiger partial charge in [0.15, 0.2) is 0 Å². The maximum Gasteiger partial charge on any atom is 0.326 e. The highest BCUT2D eigenvalue weighted by atomic mass is 16.4. The predicted molar refractivity (Wildman–Crippen MR) is 130 cm³/mol. The van der Waals surface area contributed by atoms with Gasteiger partial charge in [-0.15, -0.1) is 0 Å². The van der Waals surface area contributed by atoms with E-state index in [1.54, 1.807) is 12.1 Å². The first kappa shape index (κ1) is 23.6. The second-order valence-electron chi connectivity index (χ2n) is 8.17. The Morgan fingerprint density at radius 1 is 0.857 bits per heavy atom. The minimum absolute atomic E-state index is 0.203. The number of hydrogen-bond acceptors (Lipinski definition) is 6. The first-order valence-corrected chi connectivity index (χ1v) is 11.1. The van der Waals surface area contributed by atoms with Crippen molar-refractivity contribution in [2.75, 3.05) is 5.32 Å². The third kappa shape index (κ3) is 6.08. The number of rotatable bonds is 8. The molecule has 0 aliphatic carbocycles. The van der Waals surface area contributed by atoms with E-state index in [4.69, 9.17) is 5.11 Å². The lowest BCUT2D eigenvalue weighted by Gasteiger charge is -2.13. The predicted octanol–water partition coefficient (Wildman–Crippen LogP) is 4.99. The highest BCUT2D eigenvalue weighted by molar-refractivity contribution is 5.96. The summed E-state index contributed by atoms with van der Waals surface area (Å²) in [7, 11) is 0. The van der Waals surface area contributed by atoms with Crippen LogP contribution in [0.2, 0.25) is 0 Å². The second-order valence-corrected chi connectivity index (χ2v) is 8.17. The summed E-state index contributed by atoms with van der Waals surface area (Å²) in [5, 5.41) is 32.3. The molecule has 0 spiro atoms. The second kappa shape index (κ2) is 10.6. The Morgan fingerprint density at radius 2 is 1.51 bits per heavy atom. The van der Waals surface area contributed by atoms with Crippen LogP contribution in [0.3, 0.4) is 0 Å². The zero-order valence-electron chi connectivity index (χ0n) is 18.8. The number of carboxylic acids is 2. The zero-order chi connectivity index (χ0) is 24.8. The summed E-state index contributed by atoms with van der Waals surface area (Å²) in [5.41, 5.74) is 6.06. The molecule has 0 bridgehead atoms. The van der Waals surface area contributed by atoms with E-state index in [0.29, 0.717) is 11.4 Å². The monoisotopic (exact) mass is 472 g/mol. The molecule has 1 atom stereocenters. The molecule has 0 saturated carbocycles. The minimum Gasteiger partial charge on any atom is -0.481 e. The fraction of sp³-hybridized carbons (Fsp3) is 0.192. The number of anilines is 2. The quantitative estimate of drug-likeness (QED) is 0.340. The Labute approximate surface area is 201 Å². The number of benzene rings is 3. The number of hydrogen-bond donors (Lipinski definition) is 4. The van der Waals surface area contributed by atoms with Crippen molar-refractivity contribution in [1.82, 2.24) is 5.32 Å². The molecule has 3 aromatic rings. The molecule has 178 valence electrons. The highest BCUT2D eigenvalue weighted by Gasteiger charge is 2.21. The van der Waals surface area contributed by atoms with Gasteiger partial charge in [0.25, 0.3) is 5.91 Å².